The molecule has 27 heavy (non-hydrogen) atoms. The molecule has 0 amide bonds. The van der Waals surface area contributed by atoms with Crippen LogP contribution >= 0.6 is 0 Å². The lowest BCUT2D eigenvalue weighted by Crippen LogP contribution is -2.57. The molecule has 1 aromatic carbocycles. The Kier molecular flexibility index (Phi) is 5.51. The van der Waals surface area contributed by atoms with E-state index in [9.17, 15) is 8.42 Å². The van der Waals surface area contributed by atoms with E-state index in [1.54, 1.807) is 13.8 Å². The van der Waals surface area contributed by atoms with E-state index in [1.165, 1.54) is 22.0 Å². The van der Waals surface area contributed by atoms with Gasteiger partial charge in [-0.3, -0.25) is 4.99 Å². The highest BCUT2D eigenvalue weighted by atomic mass is 32.2. The van der Waals surface area contributed by atoms with Gasteiger partial charge in [0.05, 0.1) is 10.5 Å². The molecular formula is C20H30N4O2S. The number of sulfone groups is 1. The number of aryl methyl sites for hydroxylation is 1. The van der Waals surface area contributed by atoms with Crippen molar-refractivity contribution in [2.45, 2.75) is 38.9 Å². The molecule has 7 heteroatoms. The first-order valence-electron chi connectivity index (χ1n) is 9.56. The normalized spacial score (nSPS) is 19.4. The molecule has 0 saturated carbocycles. The maximum Gasteiger partial charge on any atom is 0.194 e. The summed E-state index contributed by atoms with van der Waals surface area (Å²) in [6, 6.07) is 6.33. The number of aliphatic imine (C=N–C) groups is 1. The predicted octanol–water partition coefficient (Wildman–Crippen LogP) is 2.49. The minimum absolute atomic E-state index is 0.173. The average Bonchev–Trinajstić information content (AvgIpc) is 3.01. The van der Waals surface area contributed by atoms with Gasteiger partial charge in [0.25, 0.3) is 0 Å². The fourth-order valence-electron chi connectivity index (χ4n) is 3.60. The fraction of sp³-hybridized carbons (Fsp3) is 0.550. The molecule has 1 saturated heterocycles. The predicted molar refractivity (Wildman–Crippen MR) is 112 cm³/mol. The van der Waals surface area contributed by atoms with Gasteiger partial charge in [0.1, 0.15) is 0 Å². The first kappa shape index (κ1) is 19.7. The van der Waals surface area contributed by atoms with Crippen molar-refractivity contribution in [3.05, 3.63) is 35.5 Å². The molecule has 0 spiro atoms. The Morgan fingerprint density at radius 3 is 2.85 bits per heavy atom. The molecule has 2 N–H and O–H groups in total. The number of hydrogen-bond donors (Lipinski definition) is 2. The van der Waals surface area contributed by atoms with Crippen LogP contribution in [0.3, 0.4) is 0 Å². The molecule has 6 nitrogen and oxygen atoms in total. The van der Waals surface area contributed by atoms with Crippen molar-refractivity contribution in [1.82, 2.24) is 15.2 Å². The highest BCUT2D eigenvalue weighted by Crippen LogP contribution is 2.24. The van der Waals surface area contributed by atoms with Gasteiger partial charge in [-0.05, 0) is 45.2 Å². The summed E-state index contributed by atoms with van der Waals surface area (Å²) in [6.07, 6.45) is 2.91. The van der Waals surface area contributed by atoms with Crippen molar-refractivity contribution in [3.8, 4) is 0 Å². The van der Waals surface area contributed by atoms with Crippen molar-refractivity contribution >= 4 is 26.7 Å². The second-order valence-corrected chi connectivity index (χ2v) is 10.5. The average molecular weight is 391 g/mol. The largest absolute Gasteiger partial charge is 0.361 e. The quantitative estimate of drug-likeness (QED) is 0.621. The lowest BCUT2D eigenvalue weighted by atomic mass is 10.1. The number of para-hydroxylation sites is 1. The first-order valence-corrected chi connectivity index (χ1v) is 11.2. The SMILES string of the molecule is CCNC(=NCCc1c[nH]c2c(C)cccc12)N1CCS(=O)(=O)C(C)(C)C1. The highest BCUT2D eigenvalue weighted by Gasteiger charge is 2.40. The highest BCUT2D eigenvalue weighted by molar-refractivity contribution is 7.92. The van der Waals surface area contributed by atoms with Gasteiger partial charge >= 0.3 is 0 Å². The van der Waals surface area contributed by atoms with Crippen LogP contribution in [0.25, 0.3) is 10.9 Å². The summed E-state index contributed by atoms with van der Waals surface area (Å²) in [5, 5.41) is 4.57. The summed E-state index contributed by atoms with van der Waals surface area (Å²) in [6.45, 7) is 10.1. The Hall–Kier alpha value is -2.02. The van der Waals surface area contributed by atoms with Crippen molar-refractivity contribution in [2.24, 2.45) is 4.99 Å². The van der Waals surface area contributed by atoms with Crippen LogP contribution in [-0.2, 0) is 16.3 Å². The number of guanidine groups is 1. The van der Waals surface area contributed by atoms with Crippen LogP contribution in [0.4, 0.5) is 0 Å². The van der Waals surface area contributed by atoms with Crippen LogP contribution in [0.5, 0.6) is 0 Å². The third-order valence-electron chi connectivity index (χ3n) is 5.33. The number of hydrogen-bond acceptors (Lipinski definition) is 3. The molecule has 2 heterocycles. The van der Waals surface area contributed by atoms with Crippen LogP contribution in [0, 0.1) is 6.92 Å². The maximum atomic E-state index is 12.3. The monoisotopic (exact) mass is 390 g/mol. The van der Waals surface area contributed by atoms with Crippen LogP contribution in [-0.4, -0.2) is 60.9 Å². The van der Waals surface area contributed by atoms with Gasteiger partial charge in [-0.15, -0.1) is 0 Å². The maximum absolute atomic E-state index is 12.3. The third-order valence-corrected chi connectivity index (χ3v) is 7.86. The van der Waals surface area contributed by atoms with E-state index < -0.39 is 14.6 Å². The molecule has 1 aromatic heterocycles. The molecule has 2 aromatic rings. The third kappa shape index (κ3) is 3.98. The lowest BCUT2D eigenvalue weighted by molar-refractivity contribution is 0.353. The molecule has 0 aliphatic carbocycles. The molecule has 0 bridgehead atoms. The molecule has 1 aliphatic heterocycles. The lowest BCUT2D eigenvalue weighted by Gasteiger charge is -2.39. The number of nitrogens with one attached hydrogen (secondary N) is 2. The summed E-state index contributed by atoms with van der Waals surface area (Å²) in [5.74, 6) is 0.975. The van der Waals surface area contributed by atoms with Gasteiger partial charge in [0.15, 0.2) is 15.8 Å². The minimum Gasteiger partial charge on any atom is -0.361 e. The van der Waals surface area contributed by atoms with E-state index in [0.717, 1.165) is 18.9 Å². The summed E-state index contributed by atoms with van der Waals surface area (Å²) >= 11 is 0. The van der Waals surface area contributed by atoms with E-state index in [2.05, 4.69) is 46.5 Å². The number of H-pyrrole nitrogens is 1. The van der Waals surface area contributed by atoms with Gasteiger partial charge in [0.2, 0.25) is 0 Å². The number of benzene rings is 1. The Balaban J connectivity index is 1.73. The van der Waals surface area contributed by atoms with Crippen LogP contribution < -0.4 is 5.32 Å². The minimum atomic E-state index is -3.06. The van der Waals surface area contributed by atoms with Crippen LogP contribution in [0.1, 0.15) is 31.9 Å². The zero-order valence-corrected chi connectivity index (χ0v) is 17.5. The molecule has 0 atom stereocenters. The van der Waals surface area contributed by atoms with E-state index in [4.69, 9.17) is 4.99 Å². The summed E-state index contributed by atoms with van der Waals surface area (Å²) in [5.41, 5.74) is 3.69. The van der Waals surface area contributed by atoms with Crippen LogP contribution in [0.2, 0.25) is 0 Å². The van der Waals surface area contributed by atoms with Gasteiger partial charge in [-0.2, -0.15) is 0 Å². The molecule has 3 rings (SSSR count). The van der Waals surface area contributed by atoms with E-state index in [1.807, 2.05) is 6.92 Å². The molecule has 1 aliphatic rings. The smallest absolute Gasteiger partial charge is 0.194 e. The molecule has 1 fully saturated rings. The summed E-state index contributed by atoms with van der Waals surface area (Å²) < 4.78 is 23.8. The van der Waals surface area contributed by atoms with Crippen LogP contribution in [0.15, 0.2) is 29.4 Å². The number of rotatable bonds is 4. The molecule has 0 unspecified atom stereocenters. The molecule has 0 radical (unpaired) electrons. The van der Waals surface area contributed by atoms with Gasteiger partial charge in [-0.1, -0.05) is 18.2 Å². The number of fused-ring (bicyclic) bond motifs is 1. The van der Waals surface area contributed by atoms with Gasteiger partial charge in [-0.25, -0.2) is 8.42 Å². The number of aromatic amines is 1. The standard InChI is InChI=1S/C20H30N4O2S/c1-5-21-19(24-11-12-27(25,26)20(3,4)14-24)22-10-9-16-13-23-18-15(2)7-6-8-17(16)18/h6-8,13,23H,5,9-12,14H2,1-4H3,(H,21,22). The van der Waals surface area contributed by atoms with Gasteiger partial charge < -0.3 is 15.2 Å². The van der Waals surface area contributed by atoms with E-state index in [-0.39, 0.29) is 5.75 Å². The second-order valence-electron chi connectivity index (χ2n) is 7.80. The zero-order chi connectivity index (χ0) is 19.7. The Bertz CT molecular complexity index is 944. The van der Waals surface area contributed by atoms with E-state index >= 15 is 0 Å². The van der Waals surface area contributed by atoms with Crippen molar-refractivity contribution in [3.63, 3.8) is 0 Å². The van der Waals surface area contributed by atoms with E-state index in [0.29, 0.717) is 19.6 Å². The summed E-state index contributed by atoms with van der Waals surface area (Å²) in [7, 11) is -3.06. The molecule has 148 valence electrons. The van der Waals surface area contributed by atoms with Crippen molar-refractivity contribution in [1.29, 1.82) is 0 Å². The number of aromatic nitrogens is 1. The Labute approximate surface area is 162 Å². The second kappa shape index (κ2) is 7.54. The Morgan fingerprint density at radius 1 is 1.37 bits per heavy atom. The number of nitrogens with zero attached hydrogens (tertiary/aromatic N) is 2. The first-order chi connectivity index (χ1) is 12.7. The Morgan fingerprint density at radius 2 is 2.15 bits per heavy atom. The fourth-order valence-corrected chi connectivity index (χ4v) is 4.97. The summed E-state index contributed by atoms with van der Waals surface area (Å²) in [4.78, 5) is 10.2. The van der Waals surface area contributed by atoms with Crippen molar-refractivity contribution < 1.29 is 8.42 Å². The van der Waals surface area contributed by atoms with Gasteiger partial charge in [0, 0.05) is 43.3 Å². The topological polar surface area (TPSA) is 77.6 Å². The zero-order valence-electron chi connectivity index (χ0n) is 16.7. The molecular weight excluding hydrogens is 360 g/mol. The van der Waals surface area contributed by atoms with Crippen molar-refractivity contribution in [2.75, 3.05) is 31.9 Å².